The topological polar surface area (TPSA) is 99.5 Å². The molecule has 0 aliphatic heterocycles. The van der Waals surface area contributed by atoms with Crippen LogP contribution in [-0.2, 0) is 19.9 Å². The predicted octanol–water partition coefficient (Wildman–Crippen LogP) is 6.50. The molecule has 2 heterocycles. The number of amides is 2. The van der Waals surface area contributed by atoms with Crippen LogP contribution in [0.3, 0.4) is 0 Å². The first-order valence-electron chi connectivity index (χ1n) is 12.3. The van der Waals surface area contributed by atoms with E-state index in [1.807, 2.05) is 11.7 Å². The number of fused-ring (bicyclic) bond motifs is 2. The maximum atomic E-state index is 15.0. The highest BCUT2D eigenvalue weighted by Gasteiger charge is 2.30. The molecule has 9 nitrogen and oxygen atoms in total. The lowest BCUT2D eigenvalue weighted by Gasteiger charge is -2.29. The van der Waals surface area contributed by atoms with Gasteiger partial charge >= 0.3 is 6.03 Å². The van der Waals surface area contributed by atoms with Crippen molar-refractivity contribution in [2.45, 2.75) is 33.1 Å². The number of methoxy groups -OCH3 is 2. The van der Waals surface area contributed by atoms with Gasteiger partial charge in [-0.25, -0.2) is 9.18 Å². The second-order valence-corrected chi connectivity index (χ2v) is 10.1. The van der Waals surface area contributed by atoms with Crippen molar-refractivity contribution in [3.05, 3.63) is 59.7 Å². The van der Waals surface area contributed by atoms with Crippen molar-refractivity contribution in [2.24, 2.45) is 12.5 Å². The van der Waals surface area contributed by atoms with E-state index in [-0.39, 0.29) is 29.3 Å². The van der Waals surface area contributed by atoms with E-state index >= 15 is 4.39 Å². The Morgan fingerprint density at radius 2 is 1.77 bits per heavy atom. The number of nitrogens with one attached hydrogen (secondary N) is 2. The predicted molar refractivity (Wildman–Crippen MR) is 150 cm³/mol. The molecule has 0 saturated heterocycles. The number of pyridine rings is 1. The van der Waals surface area contributed by atoms with Crippen molar-refractivity contribution in [2.75, 3.05) is 24.9 Å². The Morgan fingerprint density at radius 1 is 1.03 bits per heavy atom. The molecule has 206 valence electrons. The summed E-state index contributed by atoms with van der Waals surface area (Å²) >= 11 is 0. The van der Waals surface area contributed by atoms with Gasteiger partial charge < -0.3 is 19.5 Å². The molecule has 0 saturated carbocycles. The molecule has 0 atom stereocenters. The van der Waals surface area contributed by atoms with Crippen molar-refractivity contribution in [1.29, 1.82) is 0 Å². The monoisotopic (exact) mass is 555 g/mol. The molecular formula is C28H31ClFN5O4. The number of hydrogen-bond donors (Lipinski definition) is 2. The fourth-order valence-corrected chi connectivity index (χ4v) is 4.81. The van der Waals surface area contributed by atoms with Crippen molar-refractivity contribution < 1.29 is 23.4 Å². The number of carbonyl (C=O) groups excluding carboxylic acids is 1. The van der Waals surface area contributed by atoms with Gasteiger partial charge in [0, 0.05) is 47.7 Å². The number of aryl methyl sites for hydroxylation is 1. The van der Waals surface area contributed by atoms with Gasteiger partial charge in [0.25, 0.3) is 0 Å². The summed E-state index contributed by atoms with van der Waals surface area (Å²) in [6.07, 6.45) is 4.37. The van der Waals surface area contributed by atoms with E-state index in [9.17, 15) is 4.79 Å². The number of urea groups is 1. The summed E-state index contributed by atoms with van der Waals surface area (Å²) in [6, 6.07) is 8.84. The fourth-order valence-electron chi connectivity index (χ4n) is 4.81. The molecule has 2 amide bonds. The van der Waals surface area contributed by atoms with Gasteiger partial charge in [-0.15, -0.1) is 12.4 Å². The number of aromatic nitrogens is 3. The number of benzene rings is 2. The fraction of sp³-hybridized carbons (Fsp3) is 0.321. The van der Waals surface area contributed by atoms with Crippen LogP contribution in [0.1, 0.15) is 31.5 Å². The third-order valence-electron chi connectivity index (χ3n) is 6.82. The summed E-state index contributed by atoms with van der Waals surface area (Å²) < 4.78 is 33.4. The summed E-state index contributed by atoms with van der Waals surface area (Å²) in [4.78, 5) is 17.1. The number of halogens is 2. The van der Waals surface area contributed by atoms with Gasteiger partial charge in [-0.05, 0) is 48.9 Å². The zero-order chi connectivity index (χ0) is 27.0. The Kier molecular flexibility index (Phi) is 7.87. The van der Waals surface area contributed by atoms with E-state index in [1.165, 1.54) is 19.2 Å². The molecule has 0 bridgehead atoms. The number of anilines is 2. The van der Waals surface area contributed by atoms with Gasteiger partial charge in [-0.1, -0.05) is 13.8 Å². The van der Waals surface area contributed by atoms with Crippen molar-refractivity contribution >= 4 is 40.8 Å². The van der Waals surface area contributed by atoms with Crippen molar-refractivity contribution in [3.8, 4) is 23.0 Å². The first kappa shape index (κ1) is 28.0. The minimum absolute atomic E-state index is 0. The summed E-state index contributed by atoms with van der Waals surface area (Å²) in [5.41, 5.74) is 3.21. The summed E-state index contributed by atoms with van der Waals surface area (Å²) in [6.45, 7) is 4.42. The minimum Gasteiger partial charge on any atom is -0.493 e. The molecular weight excluding hydrogens is 525 g/mol. The average Bonchev–Trinajstić information content (AvgIpc) is 3.17. The molecule has 5 rings (SSSR count). The maximum Gasteiger partial charge on any atom is 0.324 e. The number of nitrogens with zero attached hydrogens (tertiary/aromatic N) is 3. The van der Waals surface area contributed by atoms with Crippen LogP contribution < -0.4 is 24.8 Å². The minimum atomic E-state index is -0.634. The van der Waals surface area contributed by atoms with Crippen LogP contribution in [0.2, 0.25) is 0 Å². The standard InChI is InChI=1S/C28H30FN5O4.ClH/c1-28(2)10-8-21-18(15-28)26(33-34(21)3)32-27(35)31-16-6-7-23(19(29)12-16)38-22-9-11-30-20-14-25(37-5)24(36-4)13-17(20)22;/h6-7,9,11-14H,8,10,15H2,1-5H3,(H2,31,32,33,35);1H. The van der Waals surface area contributed by atoms with Gasteiger partial charge in [0.15, 0.2) is 28.9 Å². The highest BCUT2D eigenvalue weighted by Crippen LogP contribution is 2.39. The third-order valence-corrected chi connectivity index (χ3v) is 6.82. The van der Waals surface area contributed by atoms with E-state index in [2.05, 4.69) is 34.6 Å². The van der Waals surface area contributed by atoms with Crippen LogP contribution in [0.25, 0.3) is 10.9 Å². The van der Waals surface area contributed by atoms with E-state index in [1.54, 1.807) is 37.6 Å². The Hall–Kier alpha value is -4.05. The average molecular weight is 556 g/mol. The molecule has 0 unspecified atom stereocenters. The zero-order valence-corrected chi connectivity index (χ0v) is 23.2. The van der Waals surface area contributed by atoms with E-state index in [4.69, 9.17) is 14.2 Å². The number of rotatable bonds is 6. The van der Waals surface area contributed by atoms with Gasteiger partial charge in [-0.3, -0.25) is 15.0 Å². The van der Waals surface area contributed by atoms with Crippen LogP contribution in [0.15, 0.2) is 42.6 Å². The van der Waals surface area contributed by atoms with E-state index in [0.717, 1.165) is 30.5 Å². The molecule has 4 aromatic rings. The van der Waals surface area contributed by atoms with E-state index < -0.39 is 11.8 Å². The first-order chi connectivity index (χ1) is 18.2. The molecule has 2 N–H and O–H groups in total. The highest BCUT2D eigenvalue weighted by atomic mass is 35.5. The zero-order valence-electron chi connectivity index (χ0n) is 22.4. The lowest BCUT2D eigenvalue weighted by Crippen LogP contribution is -2.25. The van der Waals surface area contributed by atoms with Gasteiger partial charge in [0.1, 0.15) is 5.75 Å². The first-order valence-corrected chi connectivity index (χ1v) is 12.3. The van der Waals surface area contributed by atoms with Crippen LogP contribution >= 0.6 is 12.4 Å². The smallest absolute Gasteiger partial charge is 0.324 e. The van der Waals surface area contributed by atoms with Crippen LogP contribution in [0, 0.1) is 11.2 Å². The van der Waals surface area contributed by atoms with Crippen LogP contribution in [0.4, 0.5) is 20.7 Å². The highest BCUT2D eigenvalue weighted by molar-refractivity contribution is 5.99. The van der Waals surface area contributed by atoms with Gasteiger partial charge in [-0.2, -0.15) is 5.10 Å². The molecule has 0 spiro atoms. The van der Waals surface area contributed by atoms with Crippen LogP contribution in [-0.4, -0.2) is 35.0 Å². The number of hydrogen-bond acceptors (Lipinski definition) is 6. The summed E-state index contributed by atoms with van der Waals surface area (Å²) in [5.74, 6) is 1.33. The normalized spacial score (nSPS) is 13.7. The van der Waals surface area contributed by atoms with Crippen molar-refractivity contribution in [1.82, 2.24) is 14.8 Å². The molecule has 1 aliphatic carbocycles. The quantitative estimate of drug-likeness (QED) is 0.282. The Morgan fingerprint density at radius 3 is 2.49 bits per heavy atom. The number of ether oxygens (including phenoxy) is 3. The second-order valence-electron chi connectivity index (χ2n) is 10.1. The lowest BCUT2D eigenvalue weighted by atomic mass is 9.76. The Bertz CT molecular complexity index is 1540. The van der Waals surface area contributed by atoms with Gasteiger partial charge in [0.2, 0.25) is 0 Å². The molecule has 2 aromatic heterocycles. The maximum absolute atomic E-state index is 15.0. The molecule has 39 heavy (non-hydrogen) atoms. The molecule has 11 heteroatoms. The summed E-state index contributed by atoms with van der Waals surface area (Å²) in [5, 5.41) is 10.6. The third kappa shape index (κ3) is 5.70. The van der Waals surface area contributed by atoms with E-state index in [0.29, 0.717) is 34.0 Å². The summed E-state index contributed by atoms with van der Waals surface area (Å²) in [7, 11) is 4.96. The van der Waals surface area contributed by atoms with Crippen LogP contribution in [0.5, 0.6) is 23.0 Å². The van der Waals surface area contributed by atoms with Gasteiger partial charge in [0.05, 0.1) is 19.7 Å². The van der Waals surface area contributed by atoms with Crippen molar-refractivity contribution in [3.63, 3.8) is 0 Å². The molecule has 0 radical (unpaired) electrons. The Balaban J connectivity index is 0.00000353. The largest absolute Gasteiger partial charge is 0.493 e. The molecule has 1 aliphatic rings. The number of carbonyl (C=O) groups is 1. The SMILES string of the molecule is COc1cc2nccc(Oc3ccc(NC(=O)Nc4nn(C)c5c4CC(C)(C)CC5)cc3F)c2cc1OC.Cl. The second kappa shape index (κ2) is 11.0. The lowest BCUT2D eigenvalue weighted by molar-refractivity contribution is 0.262. The molecule has 2 aromatic carbocycles. The Labute approximate surface area is 232 Å². The molecule has 0 fully saturated rings.